The normalized spacial score (nSPS) is 11.2. The van der Waals surface area contributed by atoms with Crippen molar-refractivity contribution in [3.63, 3.8) is 0 Å². The standard InChI is InChI=1S/C22H27F3N2O2/c1-2-3-4-5-6-14-29-20-12-10-18(11-13-20)26-16-21(28)27-19-9-7-8-17(15-19)22(23,24)25/h7-13,15,26H,2-6,14,16H2,1H3,(H,27,28). The summed E-state index contributed by atoms with van der Waals surface area (Å²) in [5.41, 5.74) is 0.0259. The van der Waals surface area contributed by atoms with Crippen molar-refractivity contribution in [1.82, 2.24) is 0 Å². The summed E-state index contributed by atoms with van der Waals surface area (Å²) in [6.45, 7) is 2.80. The minimum absolute atomic E-state index is 0.0616. The zero-order valence-electron chi connectivity index (χ0n) is 16.5. The minimum Gasteiger partial charge on any atom is -0.494 e. The molecular weight excluding hydrogens is 381 g/mol. The third-order valence-electron chi connectivity index (χ3n) is 4.30. The van der Waals surface area contributed by atoms with E-state index in [1.54, 1.807) is 12.1 Å². The van der Waals surface area contributed by atoms with Gasteiger partial charge in [0, 0.05) is 11.4 Å². The molecule has 0 aliphatic carbocycles. The largest absolute Gasteiger partial charge is 0.494 e. The van der Waals surface area contributed by atoms with Crippen molar-refractivity contribution in [2.45, 2.75) is 45.2 Å². The number of ether oxygens (including phenoxy) is 1. The van der Waals surface area contributed by atoms with Gasteiger partial charge in [-0.3, -0.25) is 4.79 Å². The van der Waals surface area contributed by atoms with Crippen LogP contribution in [-0.2, 0) is 11.0 Å². The molecule has 158 valence electrons. The van der Waals surface area contributed by atoms with Gasteiger partial charge in [0.1, 0.15) is 5.75 Å². The van der Waals surface area contributed by atoms with Crippen LogP contribution in [0.3, 0.4) is 0 Å². The van der Waals surface area contributed by atoms with Crippen LogP contribution < -0.4 is 15.4 Å². The zero-order valence-corrected chi connectivity index (χ0v) is 16.5. The second kappa shape index (κ2) is 11.3. The van der Waals surface area contributed by atoms with E-state index in [-0.39, 0.29) is 12.2 Å². The highest BCUT2D eigenvalue weighted by Crippen LogP contribution is 2.30. The number of carbonyl (C=O) groups is 1. The van der Waals surface area contributed by atoms with Crippen molar-refractivity contribution in [2.75, 3.05) is 23.8 Å². The van der Waals surface area contributed by atoms with Crippen molar-refractivity contribution in [2.24, 2.45) is 0 Å². The quantitative estimate of drug-likeness (QED) is 0.441. The number of unbranched alkanes of at least 4 members (excludes halogenated alkanes) is 4. The Balaban J connectivity index is 1.73. The van der Waals surface area contributed by atoms with Crippen LogP contribution in [0.4, 0.5) is 24.5 Å². The number of rotatable bonds is 11. The first-order valence-corrected chi connectivity index (χ1v) is 9.82. The first kappa shape index (κ1) is 22.6. The Morgan fingerprint density at radius 2 is 1.69 bits per heavy atom. The molecule has 0 saturated carbocycles. The number of alkyl halides is 3. The zero-order chi connectivity index (χ0) is 21.1. The van der Waals surface area contributed by atoms with Gasteiger partial charge in [0.25, 0.3) is 0 Å². The summed E-state index contributed by atoms with van der Waals surface area (Å²) in [6.07, 6.45) is 1.43. The smallest absolute Gasteiger partial charge is 0.416 e. The lowest BCUT2D eigenvalue weighted by molar-refractivity contribution is -0.137. The van der Waals surface area contributed by atoms with Gasteiger partial charge in [0.15, 0.2) is 0 Å². The van der Waals surface area contributed by atoms with Gasteiger partial charge in [-0.2, -0.15) is 13.2 Å². The molecule has 0 aromatic heterocycles. The van der Waals surface area contributed by atoms with Crippen molar-refractivity contribution in [3.05, 3.63) is 54.1 Å². The summed E-state index contributed by atoms with van der Waals surface area (Å²) in [6, 6.07) is 11.8. The topological polar surface area (TPSA) is 50.4 Å². The first-order valence-electron chi connectivity index (χ1n) is 9.82. The molecule has 0 unspecified atom stereocenters. The van der Waals surface area contributed by atoms with Crippen molar-refractivity contribution >= 4 is 17.3 Å². The number of hydrogen-bond donors (Lipinski definition) is 2. The highest BCUT2D eigenvalue weighted by Gasteiger charge is 2.30. The number of nitrogens with one attached hydrogen (secondary N) is 2. The maximum absolute atomic E-state index is 12.7. The molecule has 2 N–H and O–H groups in total. The number of hydrogen-bond acceptors (Lipinski definition) is 3. The van der Waals surface area contributed by atoms with E-state index in [1.807, 2.05) is 12.1 Å². The Kier molecular flexibility index (Phi) is 8.83. The number of halogens is 3. The Bertz CT molecular complexity index is 761. The molecule has 0 atom stereocenters. The van der Waals surface area contributed by atoms with E-state index in [0.29, 0.717) is 6.61 Å². The molecule has 2 aromatic carbocycles. The first-order chi connectivity index (χ1) is 13.9. The summed E-state index contributed by atoms with van der Waals surface area (Å²) >= 11 is 0. The summed E-state index contributed by atoms with van der Waals surface area (Å²) in [7, 11) is 0. The second-order valence-corrected chi connectivity index (χ2v) is 6.77. The SMILES string of the molecule is CCCCCCCOc1ccc(NCC(=O)Nc2cccc(C(F)(F)F)c2)cc1. The van der Waals surface area contributed by atoms with E-state index >= 15 is 0 Å². The fraction of sp³-hybridized carbons (Fsp3) is 0.409. The van der Waals surface area contributed by atoms with Crippen LogP contribution in [0.25, 0.3) is 0 Å². The monoisotopic (exact) mass is 408 g/mol. The summed E-state index contributed by atoms with van der Waals surface area (Å²) in [4.78, 5) is 12.0. The fourth-order valence-electron chi connectivity index (χ4n) is 2.73. The van der Waals surface area contributed by atoms with Crippen LogP contribution in [-0.4, -0.2) is 19.1 Å². The number of benzene rings is 2. The fourth-order valence-corrected chi connectivity index (χ4v) is 2.73. The highest BCUT2D eigenvalue weighted by molar-refractivity contribution is 5.93. The lowest BCUT2D eigenvalue weighted by Crippen LogP contribution is -2.22. The number of amides is 1. The van der Waals surface area contributed by atoms with Crippen molar-refractivity contribution in [3.8, 4) is 5.75 Å². The van der Waals surface area contributed by atoms with Gasteiger partial charge in [0.2, 0.25) is 5.91 Å². The predicted molar refractivity (Wildman–Crippen MR) is 109 cm³/mol. The molecule has 0 saturated heterocycles. The molecule has 0 spiro atoms. The average molecular weight is 408 g/mol. The molecule has 4 nitrogen and oxygen atoms in total. The molecule has 0 heterocycles. The maximum atomic E-state index is 12.7. The molecule has 0 radical (unpaired) electrons. The Labute approximate surface area is 169 Å². The molecule has 7 heteroatoms. The van der Waals surface area contributed by atoms with Crippen molar-refractivity contribution in [1.29, 1.82) is 0 Å². The van der Waals surface area contributed by atoms with Gasteiger partial charge in [-0.15, -0.1) is 0 Å². The third-order valence-corrected chi connectivity index (χ3v) is 4.30. The highest BCUT2D eigenvalue weighted by atomic mass is 19.4. The van der Waals surface area contributed by atoms with Crippen LogP contribution >= 0.6 is 0 Å². The summed E-state index contributed by atoms with van der Waals surface area (Å²) in [5.74, 6) is 0.330. The molecule has 2 aromatic rings. The molecule has 29 heavy (non-hydrogen) atoms. The van der Waals surface area contributed by atoms with Gasteiger partial charge in [-0.25, -0.2) is 0 Å². The van der Waals surface area contributed by atoms with Crippen LogP contribution in [0.2, 0.25) is 0 Å². The molecule has 0 aliphatic heterocycles. The Morgan fingerprint density at radius 3 is 2.38 bits per heavy atom. The van der Waals surface area contributed by atoms with E-state index in [9.17, 15) is 18.0 Å². The average Bonchev–Trinajstić information content (AvgIpc) is 2.69. The Hall–Kier alpha value is -2.70. The van der Waals surface area contributed by atoms with Gasteiger partial charge in [0.05, 0.1) is 18.7 Å². The van der Waals surface area contributed by atoms with E-state index in [1.165, 1.54) is 31.4 Å². The predicted octanol–water partition coefficient (Wildman–Crippen LogP) is 6.11. The molecule has 2 rings (SSSR count). The van der Waals surface area contributed by atoms with Crippen LogP contribution in [0.1, 0.15) is 44.6 Å². The van der Waals surface area contributed by atoms with Crippen LogP contribution in [0, 0.1) is 0 Å². The van der Waals surface area contributed by atoms with Gasteiger partial charge in [-0.1, -0.05) is 38.7 Å². The number of carbonyl (C=O) groups excluding carboxylic acids is 1. The van der Waals surface area contributed by atoms with E-state index in [2.05, 4.69) is 17.6 Å². The molecule has 0 aliphatic rings. The molecular formula is C22H27F3N2O2. The third kappa shape index (κ3) is 8.46. The summed E-state index contributed by atoms with van der Waals surface area (Å²) < 4.78 is 43.8. The maximum Gasteiger partial charge on any atom is 0.416 e. The van der Waals surface area contributed by atoms with E-state index < -0.39 is 17.6 Å². The van der Waals surface area contributed by atoms with E-state index in [0.717, 1.165) is 36.4 Å². The van der Waals surface area contributed by atoms with Crippen molar-refractivity contribution < 1.29 is 22.7 Å². The minimum atomic E-state index is -4.45. The Morgan fingerprint density at radius 1 is 0.966 bits per heavy atom. The van der Waals surface area contributed by atoms with Gasteiger partial charge in [-0.05, 0) is 48.9 Å². The molecule has 1 amide bonds. The lowest BCUT2D eigenvalue weighted by atomic mass is 10.2. The lowest BCUT2D eigenvalue weighted by Gasteiger charge is -2.11. The molecule has 0 bridgehead atoms. The summed E-state index contributed by atoms with van der Waals surface area (Å²) in [5, 5.41) is 5.40. The number of anilines is 2. The molecule has 0 fully saturated rings. The van der Waals surface area contributed by atoms with Crippen LogP contribution in [0.5, 0.6) is 5.75 Å². The van der Waals surface area contributed by atoms with Gasteiger partial charge < -0.3 is 15.4 Å². The van der Waals surface area contributed by atoms with Gasteiger partial charge >= 0.3 is 6.18 Å². The second-order valence-electron chi connectivity index (χ2n) is 6.77. The van der Waals surface area contributed by atoms with E-state index in [4.69, 9.17) is 4.74 Å². The van der Waals surface area contributed by atoms with Crippen LogP contribution in [0.15, 0.2) is 48.5 Å².